The lowest BCUT2D eigenvalue weighted by Gasteiger charge is -2.34. The Morgan fingerprint density at radius 1 is 0.952 bits per heavy atom. The molecule has 0 bridgehead atoms. The van der Waals surface area contributed by atoms with Crippen molar-refractivity contribution in [3.63, 3.8) is 0 Å². The molecule has 0 heterocycles. The van der Waals surface area contributed by atoms with Gasteiger partial charge in [0.05, 0.1) is 48.7 Å². The van der Waals surface area contributed by atoms with E-state index >= 15 is 0 Å². The molecule has 0 amide bonds. The zero-order chi connectivity index (χ0) is 17.1. The van der Waals surface area contributed by atoms with E-state index in [1.807, 2.05) is 0 Å². The smallest absolute Gasteiger partial charge is 0.144 e. The number of halogens is 3. The molecule has 0 aliphatic carbocycles. The van der Waals surface area contributed by atoms with Gasteiger partial charge in [-0.1, -0.05) is 0 Å². The normalized spacial score (nSPS) is 15.0. The molecular formula is C13H28F3NO3S. The lowest BCUT2D eigenvalue weighted by Crippen LogP contribution is -2.47. The van der Waals surface area contributed by atoms with Gasteiger partial charge in [-0.15, -0.1) is 0 Å². The first kappa shape index (κ1) is 22.9. The van der Waals surface area contributed by atoms with Crippen molar-refractivity contribution in [3.8, 4) is 0 Å². The second-order valence-electron chi connectivity index (χ2n) is 4.84. The Morgan fingerprint density at radius 3 is 1.52 bits per heavy atom. The van der Waals surface area contributed by atoms with Crippen molar-refractivity contribution in [1.82, 2.24) is 0 Å². The summed E-state index contributed by atoms with van der Waals surface area (Å²) >= 11 is 0. The number of hydrogen-bond acceptors (Lipinski definition) is 3. The molecule has 0 aromatic carbocycles. The van der Waals surface area contributed by atoms with Crippen LogP contribution in [0.3, 0.4) is 0 Å². The molecule has 21 heavy (non-hydrogen) atoms. The van der Waals surface area contributed by atoms with Gasteiger partial charge in [0.15, 0.2) is 0 Å². The monoisotopic (exact) mass is 335 g/mol. The van der Waals surface area contributed by atoms with E-state index in [1.165, 1.54) is 30.7 Å². The summed E-state index contributed by atoms with van der Waals surface area (Å²) in [5, 5.41) is 0. The third-order valence-corrected chi connectivity index (χ3v) is 4.55. The van der Waals surface area contributed by atoms with E-state index in [0.717, 1.165) is 0 Å². The fourth-order valence-electron chi connectivity index (χ4n) is 1.93. The van der Waals surface area contributed by atoms with Gasteiger partial charge in [-0.2, -0.15) is 0 Å². The van der Waals surface area contributed by atoms with Crippen molar-refractivity contribution in [2.75, 3.05) is 38.6 Å². The van der Waals surface area contributed by atoms with Gasteiger partial charge in [0.25, 0.3) is 0 Å². The summed E-state index contributed by atoms with van der Waals surface area (Å²) < 4.78 is 67.0. The van der Waals surface area contributed by atoms with Crippen LogP contribution >= 0.6 is 0 Å². The molecule has 0 aliphatic rings. The van der Waals surface area contributed by atoms with E-state index in [0.29, 0.717) is 0 Å². The molecule has 2 atom stereocenters. The number of alkyl halides is 3. The molecule has 0 radical (unpaired) electrons. The van der Waals surface area contributed by atoms with Crippen molar-refractivity contribution in [1.29, 1.82) is 0 Å². The van der Waals surface area contributed by atoms with Crippen LogP contribution in [0.25, 0.3) is 0 Å². The Labute approximate surface area is 126 Å². The first-order chi connectivity index (χ1) is 9.61. The quantitative estimate of drug-likeness (QED) is 0.480. The SMILES string of the molecule is CC[N+](CC)(CC)CC.O=S(=O)([O-])CC(F)C(F)CCF. The lowest BCUT2D eigenvalue weighted by molar-refractivity contribution is -0.921. The zero-order valence-electron chi connectivity index (χ0n) is 13.3. The number of hydrogen-bond donors (Lipinski definition) is 0. The van der Waals surface area contributed by atoms with Crippen LogP contribution < -0.4 is 0 Å². The Balaban J connectivity index is 0. The standard InChI is InChI=1S/C8H20N.C5H9F3O3S/c1-5-9(6-2,7-3)8-4;6-2-1-4(7)5(8)3-12(9,10)11/h5-8H2,1-4H3;4-5H,1-3H2,(H,9,10,11)/q+1;/p-1. The second-order valence-corrected chi connectivity index (χ2v) is 6.29. The van der Waals surface area contributed by atoms with Crippen LogP contribution in [0.15, 0.2) is 0 Å². The van der Waals surface area contributed by atoms with Gasteiger partial charge in [-0.05, 0) is 27.7 Å². The third kappa shape index (κ3) is 11.0. The fourth-order valence-corrected chi connectivity index (χ4v) is 2.52. The van der Waals surface area contributed by atoms with Crippen molar-refractivity contribution in [2.24, 2.45) is 0 Å². The lowest BCUT2D eigenvalue weighted by atomic mass is 10.2. The maximum atomic E-state index is 12.4. The molecule has 0 spiro atoms. The summed E-state index contributed by atoms with van der Waals surface area (Å²) in [5.41, 5.74) is 0. The van der Waals surface area contributed by atoms with Crippen molar-refractivity contribution in [2.45, 2.75) is 46.5 Å². The first-order valence-electron chi connectivity index (χ1n) is 7.24. The third-order valence-electron chi connectivity index (χ3n) is 3.82. The van der Waals surface area contributed by atoms with Crippen LogP contribution in [0.1, 0.15) is 34.1 Å². The molecule has 0 saturated heterocycles. The van der Waals surface area contributed by atoms with Gasteiger partial charge in [0.2, 0.25) is 0 Å². The molecule has 8 heteroatoms. The summed E-state index contributed by atoms with van der Waals surface area (Å²) in [5.74, 6) is -1.44. The summed E-state index contributed by atoms with van der Waals surface area (Å²) in [6, 6.07) is 0. The first-order valence-corrected chi connectivity index (χ1v) is 8.81. The number of rotatable bonds is 9. The van der Waals surface area contributed by atoms with Crippen LogP contribution in [0.4, 0.5) is 13.2 Å². The Morgan fingerprint density at radius 2 is 1.33 bits per heavy atom. The van der Waals surface area contributed by atoms with Gasteiger partial charge in [0, 0.05) is 6.42 Å². The van der Waals surface area contributed by atoms with E-state index in [9.17, 15) is 26.1 Å². The minimum atomic E-state index is -4.77. The van der Waals surface area contributed by atoms with Gasteiger partial charge in [0.1, 0.15) is 12.3 Å². The molecule has 0 aromatic rings. The van der Waals surface area contributed by atoms with E-state index in [-0.39, 0.29) is 0 Å². The highest BCUT2D eigenvalue weighted by molar-refractivity contribution is 7.85. The minimum absolute atomic E-state index is 0.726. The van der Waals surface area contributed by atoms with Crippen LogP contribution in [0, 0.1) is 0 Å². The average molecular weight is 335 g/mol. The number of quaternary nitrogens is 1. The maximum absolute atomic E-state index is 12.4. The van der Waals surface area contributed by atoms with Crippen LogP contribution in [-0.2, 0) is 10.1 Å². The highest BCUT2D eigenvalue weighted by Gasteiger charge is 2.22. The predicted molar refractivity (Wildman–Crippen MR) is 77.4 cm³/mol. The van der Waals surface area contributed by atoms with Gasteiger partial charge in [-0.25, -0.2) is 17.2 Å². The Hall–Kier alpha value is -0.340. The Kier molecular flexibility index (Phi) is 12.3. The van der Waals surface area contributed by atoms with Crippen molar-refractivity contribution < 1.29 is 30.6 Å². The maximum Gasteiger partial charge on any atom is 0.144 e. The van der Waals surface area contributed by atoms with E-state index in [2.05, 4.69) is 27.7 Å². The largest absolute Gasteiger partial charge is 0.748 e. The zero-order valence-corrected chi connectivity index (χ0v) is 14.1. The summed E-state index contributed by atoms with van der Waals surface area (Å²) in [6.45, 7) is 13.1. The molecule has 0 aliphatic heterocycles. The second kappa shape index (κ2) is 11.3. The molecular weight excluding hydrogens is 307 g/mol. The molecule has 0 rings (SSSR count). The van der Waals surface area contributed by atoms with Gasteiger partial charge >= 0.3 is 0 Å². The number of nitrogens with zero attached hydrogens (tertiary/aromatic N) is 1. The summed E-state index contributed by atoms with van der Waals surface area (Å²) in [7, 11) is -4.77. The van der Waals surface area contributed by atoms with Gasteiger partial charge < -0.3 is 9.04 Å². The molecule has 4 nitrogen and oxygen atoms in total. The molecule has 0 aromatic heterocycles. The van der Waals surface area contributed by atoms with Crippen LogP contribution in [0.5, 0.6) is 0 Å². The van der Waals surface area contributed by atoms with Crippen LogP contribution in [0.2, 0.25) is 0 Å². The fraction of sp³-hybridized carbons (Fsp3) is 1.00. The van der Waals surface area contributed by atoms with E-state index in [1.54, 1.807) is 0 Å². The molecule has 0 fully saturated rings. The van der Waals surface area contributed by atoms with Crippen molar-refractivity contribution >= 4 is 10.1 Å². The topological polar surface area (TPSA) is 57.2 Å². The summed E-state index contributed by atoms with van der Waals surface area (Å²) in [6.07, 6.45) is -5.38. The highest BCUT2D eigenvalue weighted by Crippen LogP contribution is 2.10. The predicted octanol–water partition coefficient (Wildman–Crippen LogP) is 2.45. The van der Waals surface area contributed by atoms with Gasteiger partial charge in [-0.3, -0.25) is 4.39 Å². The van der Waals surface area contributed by atoms with E-state index < -0.39 is 41.3 Å². The molecule has 2 unspecified atom stereocenters. The molecule has 130 valence electrons. The van der Waals surface area contributed by atoms with E-state index in [4.69, 9.17) is 0 Å². The molecule has 0 saturated carbocycles. The average Bonchev–Trinajstić information content (AvgIpc) is 2.41. The summed E-state index contributed by atoms with van der Waals surface area (Å²) in [4.78, 5) is 0. The van der Waals surface area contributed by atoms with Crippen LogP contribution in [-0.4, -0.2) is 68.4 Å². The Bertz CT molecular complexity index is 331. The molecule has 0 N–H and O–H groups in total. The minimum Gasteiger partial charge on any atom is -0.748 e. The highest BCUT2D eigenvalue weighted by atomic mass is 32.2. The van der Waals surface area contributed by atoms with Crippen molar-refractivity contribution in [3.05, 3.63) is 0 Å².